The Kier molecular flexibility index (Phi) is 3.99. The second-order valence-corrected chi connectivity index (χ2v) is 9.80. The molecule has 0 aromatic rings. The summed E-state index contributed by atoms with van der Waals surface area (Å²) in [4.78, 5) is 12.1. The predicted octanol–water partition coefficient (Wildman–Crippen LogP) is 4.76. The Labute approximate surface area is 147 Å². The van der Waals surface area contributed by atoms with Gasteiger partial charge in [-0.25, -0.2) is 0 Å². The van der Waals surface area contributed by atoms with E-state index in [0.717, 1.165) is 31.6 Å². The molecule has 0 saturated heterocycles. The van der Waals surface area contributed by atoms with Crippen molar-refractivity contribution in [2.45, 2.75) is 78.2 Å². The molecule has 4 rings (SSSR count). The van der Waals surface area contributed by atoms with Crippen LogP contribution in [0.2, 0.25) is 0 Å². The fourth-order valence-corrected chi connectivity index (χ4v) is 7.54. The van der Waals surface area contributed by atoms with Crippen LogP contribution < -0.4 is 0 Å². The number of carbonyl (C=O) groups excluding carboxylic acids is 1. The van der Waals surface area contributed by atoms with Crippen LogP contribution in [0.15, 0.2) is 12.2 Å². The van der Waals surface area contributed by atoms with Crippen molar-refractivity contribution in [1.82, 2.24) is 0 Å². The van der Waals surface area contributed by atoms with Crippen LogP contribution in [0.1, 0.15) is 72.1 Å². The molecule has 0 amide bonds. The molecule has 4 aliphatic rings. The number of aliphatic hydroxyl groups is 1. The van der Waals surface area contributed by atoms with Crippen LogP contribution in [-0.4, -0.2) is 17.0 Å². The van der Waals surface area contributed by atoms with Gasteiger partial charge in [0.15, 0.2) is 0 Å². The zero-order valence-corrected chi connectivity index (χ0v) is 15.6. The van der Waals surface area contributed by atoms with Crippen molar-refractivity contribution >= 4 is 5.78 Å². The van der Waals surface area contributed by atoms with E-state index < -0.39 is 0 Å². The van der Waals surface area contributed by atoms with E-state index >= 15 is 0 Å². The number of rotatable bonds is 1. The molecule has 0 unspecified atom stereocenters. The summed E-state index contributed by atoms with van der Waals surface area (Å²) in [5.74, 6) is 3.81. The van der Waals surface area contributed by atoms with Gasteiger partial charge in [-0.1, -0.05) is 26.0 Å². The summed E-state index contributed by atoms with van der Waals surface area (Å²) in [6.45, 7) is 7.00. The first-order chi connectivity index (χ1) is 11.4. The standard InChI is InChI=1S/C22H34O2/c1-4-5-14-12-15-13-16(23)8-10-21(15,2)18-9-11-22(3)17(20(14)18)6-7-19(22)24/h4-5,14-15,17-20,24H,6-13H2,1-3H3/b5-4+/t14-,15+,17+,18+,19+,20+,21+,22+/m1/s1. The zero-order chi connectivity index (χ0) is 17.1. The fraction of sp³-hybridized carbons (Fsp3) is 0.864. The third kappa shape index (κ3) is 2.21. The molecule has 0 bridgehead atoms. The van der Waals surface area contributed by atoms with E-state index in [1.807, 2.05) is 0 Å². The molecule has 4 fully saturated rings. The molecule has 0 aliphatic heterocycles. The number of hydrogen-bond donors (Lipinski definition) is 1. The first kappa shape index (κ1) is 16.8. The van der Waals surface area contributed by atoms with Crippen LogP contribution in [0.4, 0.5) is 0 Å². The van der Waals surface area contributed by atoms with Crippen molar-refractivity contribution in [3.05, 3.63) is 12.2 Å². The fourth-order valence-electron chi connectivity index (χ4n) is 7.54. The molecule has 4 saturated carbocycles. The van der Waals surface area contributed by atoms with Gasteiger partial charge in [0.2, 0.25) is 0 Å². The van der Waals surface area contributed by atoms with E-state index in [9.17, 15) is 9.90 Å². The maximum Gasteiger partial charge on any atom is 0.133 e. The lowest BCUT2D eigenvalue weighted by Crippen LogP contribution is -2.56. The highest BCUT2D eigenvalue weighted by atomic mass is 16.3. The van der Waals surface area contributed by atoms with Gasteiger partial charge in [-0.15, -0.1) is 0 Å². The number of Topliss-reactive ketones (excluding diaryl/α,β-unsaturated/α-hetero) is 1. The van der Waals surface area contributed by atoms with Crippen molar-refractivity contribution < 1.29 is 9.90 Å². The number of carbonyl (C=O) groups is 1. The van der Waals surface area contributed by atoms with E-state index in [0.29, 0.717) is 34.9 Å². The maximum atomic E-state index is 12.1. The number of ketones is 1. The molecule has 1 N–H and O–H groups in total. The topological polar surface area (TPSA) is 37.3 Å². The highest BCUT2D eigenvalue weighted by Crippen LogP contribution is 2.67. The summed E-state index contributed by atoms with van der Waals surface area (Å²) < 4.78 is 0. The van der Waals surface area contributed by atoms with Crippen LogP contribution in [0, 0.1) is 40.4 Å². The first-order valence-corrected chi connectivity index (χ1v) is 10.2. The van der Waals surface area contributed by atoms with Crippen molar-refractivity contribution in [1.29, 1.82) is 0 Å². The smallest absolute Gasteiger partial charge is 0.133 e. The van der Waals surface area contributed by atoms with Gasteiger partial charge in [-0.3, -0.25) is 4.79 Å². The third-order valence-corrected chi connectivity index (χ3v) is 8.97. The van der Waals surface area contributed by atoms with Gasteiger partial charge >= 0.3 is 0 Å². The van der Waals surface area contributed by atoms with Gasteiger partial charge in [0.1, 0.15) is 5.78 Å². The minimum atomic E-state index is -0.104. The highest BCUT2D eigenvalue weighted by Gasteiger charge is 2.62. The van der Waals surface area contributed by atoms with E-state index in [2.05, 4.69) is 32.9 Å². The number of fused-ring (bicyclic) bond motifs is 5. The first-order valence-electron chi connectivity index (χ1n) is 10.2. The Hall–Kier alpha value is -0.630. The van der Waals surface area contributed by atoms with Crippen LogP contribution >= 0.6 is 0 Å². The highest BCUT2D eigenvalue weighted by molar-refractivity contribution is 5.79. The Morgan fingerprint density at radius 3 is 2.58 bits per heavy atom. The van der Waals surface area contributed by atoms with Crippen LogP contribution in [0.3, 0.4) is 0 Å². The van der Waals surface area contributed by atoms with Crippen LogP contribution in [0.5, 0.6) is 0 Å². The average Bonchev–Trinajstić information content (AvgIpc) is 2.85. The van der Waals surface area contributed by atoms with Gasteiger partial charge < -0.3 is 5.11 Å². The maximum absolute atomic E-state index is 12.1. The zero-order valence-electron chi connectivity index (χ0n) is 15.6. The van der Waals surface area contributed by atoms with E-state index in [1.54, 1.807) is 0 Å². The summed E-state index contributed by atoms with van der Waals surface area (Å²) in [7, 11) is 0. The lowest BCUT2D eigenvalue weighted by molar-refractivity contribution is -0.149. The van der Waals surface area contributed by atoms with Gasteiger partial charge in [-0.2, -0.15) is 0 Å². The quantitative estimate of drug-likeness (QED) is 0.704. The Morgan fingerprint density at radius 1 is 1.08 bits per heavy atom. The van der Waals surface area contributed by atoms with Crippen molar-refractivity contribution in [2.75, 3.05) is 0 Å². The molecular formula is C22H34O2. The second kappa shape index (κ2) is 5.69. The van der Waals surface area contributed by atoms with Gasteiger partial charge in [0, 0.05) is 12.8 Å². The van der Waals surface area contributed by atoms with Crippen LogP contribution in [0.25, 0.3) is 0 Å². The van der Waals surface area contributed by atoms with Crippen molar-refractivity contribution in [2.24, 2.45) is 40.4 Å². The molecule has 8 atom stereocenters. The van der Waals surface area contributed by atoms with Gasteiger partial charge in [0.05, 0.1) is 6.10 Å². The molecule has 4 aliphatic carbocycles. The summed E-state index contributed by atoms with van der Waals surface area (Å²) in [5.41, 5.74) is 0.486. The summed E-state index contributed by atoms with van der Waals surface area (Å²) >= 11 is 0. The molecule has 24 heavy (non-hydrogen) atoms. The van der Waals surface area contributed by atoms with E-state index in [1.165, 1.54) is 25.7 Å². The average molecular weight is 331 g/mol. The molecule has 0 heterocycles. The molecule has 0 aromatic carbocycles. The Bertz CT molecular complexity index is 552. The minimum absolute atomic E-state index is 0.104. The molecule has 2 heteroatoms. The van der Waals surface area contributed by atoms with Crippen molar-refractivity contribution in [3.8, 4) is 0 Å². The van der Waals surface area contributed by atoms with E-state index in [4.69, 9.17) is 0 Å². The number of aliphatic hydroxyl groups excluding tert-OH is 1. The van der Waals surface area contributed by atoms with Crippen molar-refractivity contribution in [3.63, 3.8) is 0 Å². The largest absolute Gasteiger partial charge is 0.393 e. The molecule has 0 aromatic heterocycles. The van der Waals surface area contributed by atoms with Gasteiger partial charge in [-0.05, 0) is 85.9 Å². The second-order valence-electron chi connectivity index (χ2n) is 9.80. The van der Waals surface area contributed by atoms with Gasteiger partial charge in [0.25, 0.3) is 0 Å². The normalized spacial score (nSPS) is 54.4. The summed E-state index contributed by atoms with van der Waals surface area (Å²) in [6.07, 6.45) is 13.1. The molecule has 0 spiro atoms. The lowest BCUT2D eigenvalue weighted by Gasteiger charge is -2.62. The van der Waals surface area contributed by atoms with E-state index in [-0.39, 0.29) is 11.5 Å². The third-order valence-electron chi connectivity index (χ3n) is 8.97. The summed E-state index contributed by atoms with van der Waals surface area (Å²) in [5, 5.41) is 10.7. The minimum Gasteiger partial charge on any atom is -0.393 e. The SMILES string of the molecule is C/C=C/[C@@H]1C[C@H]2CC(=O)CC[C@]2(C)[C@H]2CC[C@]3(C)[C@@H](O)CC[C@H]3[C@H]12. The molecule has 2 nitrogen and oxygen atoms in total. The Balaban J connectivity index is 1.73. The molecule has 134 valence electrons. The van der Waals surface area contributed by atoms with Crippen LogP contribution in [-0.2, 0) is 4.79 Å². The number of hydrogen-bond acceptors (Lipinski definition) is 2. The predicted molar refractivity (Wildman–Crippen MR) is 96.4 cm³/mol. The lowest BCUT2D eigenvalue weighted by atomic mass is 9.43. The Morgan fingerprint density at radius 2 is 1.83 bits per heavy atom. The number of allylic oxidation sites excluding steroid dienone is 2. The molecule has 0 radical (unpaired) electrons. The summed E-state index contributed by atoms with van der Waals surface area (Å²) in [6, 6.07) is 0. The monoisotopic (exact) mass is 330 g/mol. The molecular weight excluding hydrogens is 296 g/mol.